The normalized spacial score (nSPS) is 24.6. The molecule has 1 saturated heterocycles. The number of aliphatic hydroxyl groups excluding tert-OH is 1. The fourth-order valence-corrected chi connectivity index (χ4v) is 2.78. The Morgan fingerprint density at radius 2 is 2.25 bits per heavy atom. The molecular formula is C11H16N5O7P. The summed E-state index contributed by atoms with van der Waals surface area (Å²) >= 11 is 0. The number of fused-ring (bicyclic) bond motifs is 1. The second-order valence-corrected chi connectivity index (χ2v) is 6.31. The lowest BCUT2D eigenvalue weighted by Gasteiger charge is -2.16. The number of aromatic nitrogens is 4. The van der Waals surface area contributed by atoms with Crippen molar-refractivity contribution in [3.8, 4) is 0 Å². The van der Waals surface area contributed by atoms with Gasteiger partial charge in [-0.25, -0.2) is 25.0 Å². The molecule has 0 bridgehead atoms. The molecule has 0 amide bonds. The Bertz CT molecular complexity index is 764. The van der Waals surface area contributed by atoms with Crippen LogP contribution in [0.5, 0.6) is 0 Å². The molecule has 0 radical (unpaired) electrons. The number of anilines is 1. The minimum absolute atomic E-state index is 0.192. The maximum atomic E-state index is 10.8. The quantitative estimate of drug-likeness (QED) is 0.390. The van der Waals surface area contributed by atoms with Gasteiger partial charge in [-0.15, -0.1) is 0 Å². The summed E-state index contributed by atoms with van der Waals surface area (Å²) in [5.41, 5.74) is 3.49. The summed E-state index contributed by atoms with van der Waals surface area (Å²) in [6.45, 7) is -0.431. The van der Waals surface area contributed by atoms with Crippen molar-refractivity contribution < 1.29 is 33.6 Å². The highest BCUT2D eigenvalue weighted by molar-refractivity contribution is 7.46. The van der Waals surface area contributed by atoms with Gasteiger partial charge in [-0.05, 0) is 0 Å². The van der Waals surface area contributed by atoms with Gasteiger partial charge in [-0.2, -0.15) is 0 Å². The van der Waals surface area contributed by atoms with Crippen LogP contribution in [0.3, 0.4) is 0 Å². The van der Waals surface area contributed by atoms with Crippen molar-refractivity contribution in [3.63, 3.8) is 0 Å². The summed E-state index contributed by atoms with van der Waals surface area (Å²) < 4.78 is 22.4. The van der Waals surface area contributed by atoms with Crippen molar-refractivity contribution in [1.29, 1.82) is 0 Å². The first-order valence-corrected chi connectivity index (χ1v) is 8.42. The van der Waals surface area contributed by atoms with E-state index in [9.17, 15) is 9.67 Å². The molecule has 4 N–H and O–H groups in total. The van der Waals surface area contributed by atoms with E-state index in [4.69, 9.17) is 19.4 Å². The van der Waals surface area contributed by atoms with Crippen molar-refractivity contribution in [2.75, 3.05) is 19.2 Å². The molecule has 0 spiro atoms. The van der Waals surface area contributed by atoms with Crippen molar-refractivity contribution in [2.45, 2.75) is 24.9 Å². The van der Waals surface area contributed by atoms with Crippen LogP contribution in [0.2, 0.25) is 0 Å². The number of hydrogen-bond acceptors (Lipinski definition) is 9. The van der Waals surface area contributed by atoms with Crippen LogP contribution >= 0.6 is 7.82 Å². The number of imidazole rings is 1. The Kier molecular flexibility index (Phi) is 4.78. The van der Waals surface area contributed by atoms with Gasteiger partial charge in [0.1, 0.15) is 18.7 Å². The second-order valence-electron chi connectivity index (χ2n) is 5.07. The SMILES string of the molecule is CONc1ncnc2c1ncn2[C@H]1C[C@H](O)[C@@H](COP(=O)(O)O)O1. The van der Waals surface area contributed by atoms with E-state index in [1.54, 1.807) is 4.57 Å². The van der Waals surface area contributed by atoms with Gasteiger partial charge in [-0.3, -0.25) is 13.9 Å². The van der Waals surface area contributed by atoms with Gasteiger partial charge in [-0.1, -0.05) is 0 Å². The molecule has 24 heavy (non-hydrogen) atoms. The third-order valence-electron chi connectivity index (χ3n) is 3.48. The number of hydrogen-bond donors (Lipinski definition) is 4. The van der Waals surface area contributed by atoms with Crippen LogP contribution in [-0.2, 0) is 18.7 Å². The fourth-order valence-electron chi connectivity index (χ4n) is 2.44. The highest BCUT2D eigenvalue weighted by atomic mass is 31.2. The second kappa shape index (κ2) is 6.69. The Balaban J connectivity index is 1.79. The van der Waals surface area contributed by atoms with Crippen LogP contribution in [0, 0.1) is 0 Å². The zero-order chi connectivity index (χ0) is 17.3. The summed E-state index contributed by atoms with van der Waals surface area (Å²) in [4.78, 5) is 34.6. The summed E-state index contributed by atoms with van der Waals surface area (Å²) in [5.74, 6) is 0.376. The standard InChI is InChI=1S/C11H16N5O7P/c1-21-15-10-9-11(13-4-12-10)16(5-14-9)8-2-6(17)7(23-8)3-22-24(18,19)20/h4-8,17H,2-3H2,1H3,(H,12,13,15)(H2,18,19,20)/t6-,7+,8+/m0/s1. The molecule has 2 aromatic heterocycles. The van der Waals surface area contributed by atoms with Crippen molar-refractivity contribution in [1.82, 2.24) is 19.5 Å². The Morgan fingerprint density at radius 3 is 2.96 bits per heavy atom. The molecule has 3 atom stereocenters. The van der Waals surface area contributed by atoms with Gasteiger partial charge in [0, 0.05) is 6.42 Å². The number of nitrogens with one attached hydrogen (secondary N) is 1. The van der Waals surface area contributed by atoms with Crippen LogP contribution in [0.1, 0.15) is 12.6 Å². The lowest BCUT2D eigenvalue weighted by molar-refractivity contribution is -0.0424. The number of rotatable bonds is 6. The van der Waals surface area contributed by atoms with Crippen LogP contribution in [-0.4, -0.2) is 60.3 Å². The van der Waals surface area contributed by atoms with Crippen LogP contribution in [0.4, 0.5) is 5.82 Å². The zero-order valence-corrected chi connectivity index (χ0v) is 13.4. The first kappa shape index (κ1) is 17.2. The third kappa shape index (κ3) is 3.54. The molecule has 0 unspecified atom stereocenters. The predicted molar refractivity (Wildman–Crippen MR) is 78.5 cm³/mol. The van der Waals surface area contributed by atoms with Crippen molar-refractivity contribution in [2.24, 2.45) is 0 Å². The number of phosphoric acid groups is 1. The molecule has 3 rings (SSSR count). The number of nitrogens with zero attached hydrogens (tertiary/aromatic N) is 4. The Hall–Kier alpha value is -1.66. The van der Waals surface area contributed by atoms with Gasteiger partial charge in [0.2, 0.25) is 0 Å². The first-order chi connectivity index (χ1) is 11.4. The third-order valence-corrected chi connectivity index (χ3v) is 3.96. The summed E-state index contributed by atoms with van der Waals surface area (Å²) in [6, 6.07) is 0. The van der Waals surface area contributed by atoms with E-state index in [1.807, 2.05) is 0 Å². The Morgan fingerprint density at radius 1 is 1.46 bits per heavy atom. The maximum absolute atomic E-state index is 10.8. The van der Waals surface area contributed by atoms with E-state index < -0.39 is 32.9 Å². The molecule has 0 aliphatic carbocycles. The Labute approximate surface area is 135 Å². The van der Waals surface area contributed by atoms with Crippen molar-refractivity contribution in [3.05, 3.63) is 12.7 Å². The number of phosphoric ester groups is 1. The van der Waals surface area contributed by atoms with E-state index in [-0.39, 0.29) is 6.42 Å². The van der Waals surface area contributed by atoms with Gasteiger partial charge < -0.3 is 19.6 Å². The molecule has 2 aromatic rings. The molecular weight excluding hydrogens is 345 g/mol. The number of aliphatic hydroxyl groups is 1. The van der Waals surface area contributed by atoms with E-state index in [0.717, 1.165) is 0 Å². The maximum Gasteiger partial charge on any atom is 0.469 e. The predicted octanol–water partition coefficient (Wildman–Crippen LogP) is -0.443. The topological polar surface area (TPSA) is 161 Å². The molecule has 0 saturated carbocycles. The molecule has 1 fully saturated rings. The average molecular weight is 361 g/mol. The minimum Gasteiger partial charge on any atom is -0.390 e. The molecule has 1 aliphatic heterocycles. The monoisotopic (exact) mass is 361 g/mol. The smallest absolute Gasteiger partial charge is 0.390 e. The van der Waals surface area contributed by atoms with Crippen molar-refractivity contribution >= 4 is 24.8 Å². The van der Waals surface area contributed by atoms with Crippen LogP contribution in [0.25, 0.3) is 11.2 Å². The van der Waals surface area contributed by atoms with E-state index in [1.165, 1.54) is 19.8 Å². The van der Waals surface area contributed by atoms with E-state index in [2.05, 4.69) is 25.0 Å². The van der Waals surface area contributed by atoms with Gasteiger partial charge >= 0.3 is 7.82 Å². The molecule has 3 heterocycles. The zero-order valence-electron chi connectivity index (χ0n) is 12.5. The minimum atomic E-state index is -4.63. The summed E-state index contributed by atoms with van der Waals surface area (Å²) in [5, 5.41) is 10.0. The van der Waals surface area contributed by atoms with Gasteiger partial charge in [0.05, 0.1) is 26.1 Å². The molecule has 132 valence electrons. The number of ether oxygens (including phenoxy) is 1. The largest absolute Gasteiger partial charge is 0.469 e. The summed E-state index contributed by atoms with van der Waals surface area (Å²) in [7, 11) is -3.19. The van der Waals surface area contributed by atoms with E-state index in [0.29, 0.717) is 17.0 Å². The highest BCUT2D eigenvalue weighted by Gasteiger charge is 2.37. The summed E-state index contributed by atoms with van der Waals surface area (Å²) in [6.07, 6.45) is 0.555. The highest BCUT2D eigenvalue weighted by Crippen LogP contribution is 2.38. The lowest BCUT2D eigenvalue weighted by atomic mass is 10.2. The molecule has 12 nitrogen and oxygen atoms in total. The van der Waals surface area contributed by atoms with Crippen LogP contribution in [0.15, 0.2) is 12.7 Å². The lowest BCUT2D eigenvalue weighted by Crippen LogP contribution is -2.25. The molecule has 1 aliphatic rings. The average Bonchev–Trinajstić information content (AvgIpc) is 3.09. The molecule has 13 heteroatoms. The van der Waals surface area contributed by atoms with E-state index >= 15 is 0 Å². The van der Waals surface area contributed by atoms with Gasteiger partial charge in [0.25, 0.3) is 0 Å². The fraction of sp³-hybridized carbons (Fsp3) is 0.545. The first-order valence-electron chi connectivity index (χ1n) is 6.89. The van der Waals surface area contributed by atoms with Crippen LogP contribution < -0.4 is 5.48 Å². The molecule has 0 aromatic carbocycles. The van der Waals surface area contributed by atoms with Gasteiger partial charge in [0.15, 0.2) is 17.0 Å².